The van der Waals surface area contributed by atoms with E-state index in [2.05, 4.69) is 0 Å². The van der Waals surface area contributed by atoms with Gasteiger partial charge in [-0.05, 0) is 0 Å². The molecule has 10 aromatic rings. The van der Waals surface area contributed by atoms with Crippen LogP contribution in [0.5, 0.6) is 0 Å². The van der Waals surface area contributed by atoms with E-state index in [1.807, 2.05) is 0 Å². The van der Waals surface area contributed by atoms with Gasteiger partial charge in [-0.1, -0.05) is 218 Å². The van der Waals surface area contributed by atoms with Crippen LogP contribution in [-0.4, -0.2) is 0 Å². The van der Waals surface area contributed by atoms with Crippen molar-refractivity contribution in [3.63, 3.8) is 0 Å². The molecule has 0 saturated heterocycles. The van der Waals surface area contributed by atoms with Gasteiger partial charge in [0.05, 0.1) is 0 Å². The van der Waals surface area contributed by atoms with E-state index in [4.69, 9.17) is 0 Å². The van der Waals surface area contributed by atoms with Crippen LogP contribution < -0.4 is 48.9 Å². The van der Waals surface area contributed by atoms with Gasteiger partial charge in [-0.3, -0.25) is 43.2 Å². The molecule has 0 unspecified atom stereocenters. The summed E-state index contributed by atoms with van der Waals surface area (Å²) >= 11 is 0. The van der Waals surface area contributed by atoms with Gasteiger partial charge in [0.1, 0.15) is 0 Å². The first-order valence-corrected chi connectivity index (χ1v) is 22.8. The molecule has 0 heterocycles. The van der Waals surface area contributed by atoms with Crippen LogP contribution in [0.25, 0.3) is 97.0 Å². The van der Waals surface area contributed by atoms with Crippen molar-refractivity contribution >= 4 is 97.0 Å². The predicted octanol–water partition coefficient (Wildman–Crippen LogP) is 9.68. The lowest BCUT2D eigenvalue weighted by atomic mass is 10.0. The molecule has 0 aliphatic rings. The Labute approximate surface area is 405 Å². The molecule has 72 heavy (non-hydrogen) atoms. The fraction of sp³-hybridized carbons (Fsp3) is 0. The molecule has 0 N–H and O–H groups in total. The Morgan fingerprint density at radius 1 is 0.111 bits per heavy atom. The molecule has 10 aromatic carbocycles. The van der Waals surface area contributed by atoms with Crippen molar-refractivity contribution in [3.05, 3.63) is 310 Å². The van der Waals surface area contributed by atoms with E-state index in [9.17, 15) is 43.2 Å². The molecule has 9 nitrogen and oxygen atoms in total. The molecular formula is C63H36O9. The van der Waals surface area contributed by atoms with Crippen molar-refractivity contribution in [1.82, 2.24) is 0 Å². The Morgan fingerprint density at radius 2 is 0.167 bits per heavy atom. The summed E-state index contributed by atoms with van der Waals surface area (Å²) in [6.45, 7) is 0. The second-order valence-corrected chi connectivity index (χ2v) is 16.9. The molecule has 0 radical (unpaired) electrons. The number of hydrogen-bond donors (Lipinski definition) is 0. The highest BCUT2D eigenvalue weighted by molar-refractivity contribution is 6.01. The number of rotatable bonds is 0. The predicted molar refractivity (Wildman–Crippen MR) is 293 cm³/mol. The van der Waals surface area contributed by atoms with Crippen molar-refractivity contribution < 1.29 is 0 Å². The Balaban J connectivity index is 1.52. The summed E-state index contributed by atoms with van der Waals surface area (Å²) in [5, 5.41) is -1.31. The summed E-state index contributed by atoms with van der Waals surface area (Å²) in [4.78, 5) is 133. The van der Waals surface area contributed by atoms with Gasteiger partial charge < -0.3 is 0 Å². The third-order valence-corrected chi connectivity index (χ3v) is 12.7. The van der Waals surface area contributed by atoms with Gasteiger partial charge in [0.15, 0.2) is 48.9 Å². The second kappa shape index (κ2) is 19.2. The molecule has 0 atom stereocenters. The number of hydrogen-bond acceptors (Lipinski definition) is 9. The van der Waals surface area contributed by atoms with Crippen LogP contribution in [0.15, 0.2) is 262 Å². The summed E-state index contributed by atoms with van der Waals surface area (Å²) < 4.78 is 0. The summed E-state index contributed by atoms with van der Waals surface area (Å²) in [7, 11) is 0. The van der Waals surface area contributed by atoms with Crippen LogP contribution in [0, 0.1) is 0 Å². The first-order chi connectivity index (χ1) is 35.0. The van der Waals surface area contributed by atoms with Crippen LogP contribution in [0.4, 0.5) is 0 Å². The maximum atomic E-state index is 14.8. The molecule has 0 amide bonds. The van der Waals surface area contributed by atoms with Crippen molar-refractivity contribution in [2.24, 2.45) is 0 Å². The lowest BCUT2D eigenvalue weighted by Gasteiger charge is -1.98. The van der Waals surface area contributed by atoms with Gasteiger partial charge in [0.2, 0.25) is 0 Å². The van der Waals surface area contributed by atoms with Crippen LogP contribution >= 0.6 is 0 Å². The lowest BCUT2D eigenvalue weighted by molar-refractivity contribution is 1.66. The van der Waals surface area contributed by atoms with Crippen molar-refractivity contribution in [3.8, 4) is 0 Å². The minimum atomic E-state index is -0.691. The number of benzene rings is 9. The number of fused-ring (bicyclic) bond motifs is 9. The highest BCUT2D eigenvalue weighted by Crippen LogP contribution is 2.16. The van der Waals surface area contributed by atoms with E-state index in [0.717, 1.165) is 0 Å². The van der Waals surface area contributed by atoms with E-state index < -0.39 is 48.9 Å². The Kier molecular flexibility index (Phi) is 12.2. The van der Waals surface area contributed by atoms with E-state index in [1.165, 1.54) is 109 Å². The minimum Gasteiger partial charge on any atom is -0.289 e. The molecule has 10 rings (SSSR count). The Morgan fingerprint density at radius 3 is 0.222 bits per heavy atom. The normalized spacial score (nSPS) is 11.0. The minimum absolute atomic E-state index is 0.0728. The quantitative estimate of drug-likeness (QED) is 0.145. The molecule has 0 fully saturated rings. The molecular weight excluding hydrogens is 901 g/mol. The Bertz CT molecular complexity index is 3650. The molecule has 0 aromatic heterocycles. The van der Waals surface area contributed by atoms with Gasteiger partial charge >= 0.3 is 0 Å². The van der Waals surface area contributed by atoms with Crippen LogP contribution in [0.2, 0.25) is 0 Å². The average molecular weight is 937 g/mol. The molecule has 0 spiro atoms. The van der Waals surface area contributed by atoms with Crippen LogP contribution in [0.3, 0.4) is 0 Å². The standard InChI is InChI=1S/C63H36O9/c64-55-37-19-1-2-20-38(37)56(65)41-23-5-6-24-42(41)58(67)45-27-9-10-28-46(45)60(69)49-31-13-14-32-50(49)62(71)53-35-17-18-36-54(53)63(72)52-34-16-15-33-51(52)61(70)48-30-12-11-29-47(48)59(68)44-26-8-7-25-43(44)57(66)40-22-4-3-21-39(40)55/h1-36H. The second-order valence-electron chi connectivity index (χ2n) is 16.9. The van der Waals surface area contributed by atoms with Crippen molar-refractivity contribution in [2.45, 2.75) is 0 Å². The summed E-state index contributed by atoms with van der Waals surface area (Å²) in [6, 6.07) is 54.2. The lowest BCUT2D eigenvalue weighted by Crippen LogP contribution is -2.11. The average Bonchev–Trinajstić information content (AvgIpc) is 3.45. The smallest absolute Gasteiger partial charge is 0.194 e. The summed E-state index contributed by atoms with van der Waals surface area (Å²) in [5.41, 5.74) is -6.22. The highest BCUT2D eigenvalue weighted by Gasteiger charge is 2.12. The molecule has 0 saturated carbocycles. The van der Waals surface area contributed by atoms with Crippen LogP contribution in [-0.2, 0) is 0 Å². The van der Waals surface area contributed by atoms with Crippen molar-refractivity contribution in [1.29, 1.82) is 0 Å². The van der Waals surface area contributed by atoms with Gasteiger partial charge in [-0.2, -0.15) is 0 Å². The zero-order valence-electron chi connectivity index (χ0n) is 38.0. The Hall–Kier alpha value is -9.99. The first kappa shape index (κ1) is 45.8. The van der Waals surface area contributed by atoms with E-state index >= 15 is 0 Å². The van der Waals surface area contributed by atoms with Crippen molar-refractivity contribution in [2.75, 3.05) is 0 Å². The molecule has 0 aliphatic carbocycles. The zero-order chi connectivity index (χ0) is 50.0. The fourth-order valence-corrected chi connectivity index (χ4v) is 9.22. The maximum absolute atomic E-state index is 14.8. The SMILES string of the molecule is O=c1c2ccccc2c(=O)c2ccccc2c(=O)c2ccccc2c(=O)c2ccccc2c(=O)c2ccccc2c(=O)c2ccccc2c(=O)c2ccccc2c(=O)c2ccccc2c(=O)c2ccccc12. The molecule has 0 aliphatic heterocycles. The molecule has 342 valence electrons. The van der Waals surface area contributed by atoms with Crippen LogP contribution in [0.1, 0.15) is 0 Å². The monoisotopic (exact) mass is 936 g/mol. The largest absolute Gasteiger partial charge is 0.289 e. The summed E-state index contributed by atoms with van der Waals surface area (Å²) in [6.07, 6.45) is 0. The van der Waals surface area contributed by atoms with Gasteiger partial charge in [0, 0.05) is 97.0 Å². The van der Waals surface area contributed by atoms with Gasteiger partial charge in [0.25, 0.3) is 0 Å². The maximum Gasteiger partial charge on any atom is 0.194 e. The van der Waals surface area contributed by atoms with Gasteiger partial charge in [-0.15, -0.1) is 0 Å². The van der Waals surface area contributed by atoms with E-state index in [1.54, 1.807) is 109 Å². The molecule has 9 heteroatoms. The third-order valence-electron chi connectivity index (χ3n) is 12.7. The summed E-state index contributed by atoms with van der Waals surface area (Å²) in [5.74, 6) is 0. The topological polar surface area (TPSA) is 154 Å². The first-order valence-electron chi connectivity index (χ1n) is 22.8. The van der Waals surface area contributed by atoms with E-state index in [0.29, 0.717) is 0 Å². The third kappa shape index (κ3) is 8.06. The molecule has 0 bridgehead atoms. The van der Waals surface area contributed by atoms with Gasteiger partial charge in [-0.25, -0.2) is 0 Å². The zero-order valence-corrected chi connectivity index (χ0v) is 38.0. The van der Waals surface area contributed by atoms with E-state index in [-0.39, 0.29) is 97.0 Å². The highest BCUT2D eigenvalue weighted by atomic mass is 16.1. The fourth-order valence-electron chi connectivity index (χ4n) is 9.22.